The lowest BCUT2D eigenvalue weighted by Crippen LogP contribution is -2.14. The van der Waals surface area contributed by atoms with Crippen LogP contribution in [0.3, 0.4) is 0 Å². The predicted octanol–water partition coefficient (Wildman–Crippen LogP) is 3.16. The van der Waals surface area contributed by atoms with Crippen LogP contribution < -0.4 is 10.6 Å². The number of hydrogen-bond acceptors (Lipinski definition) is 4. The molecule has 22 heavy (non-hydrogen) atoms. The van der Waals surface area contributed by atoms with Crippen molar-refractivity contribution in [1.29, 1.82) is 5.26 Å². The second-order valence-electron chi connectivity index (χ2n) is 4.83. The van der Waals surface area contributed by atoms with Crippen LogP contribution in [0.15, 0.2) is 54.4 Å². The molecule has 110 valence electrons. The number of carbonyl (C=O) groups excluding carboxylic acids is 1. The lowest BCUT2D eigenvalue weighted by atomic mass is 10.2. The molecular formula is C17H16N4O. The molecule has 2 aromatic rings. The van der Waals surface area contributed by atoms with E-state index in [2.05, 4.69) is 15.6 Å². The van der Waals surface area contributed by atoms with Crippen molar-refractivity contribution in [2.45, 2.75) is 13.8 Å². The van der Waals surface area contributed by atoms with Gasteiger partial charge in [-0.05, 0) is 43.7 Å². The van der Waals surface area contributed by atoms with Crippen LogP contribution in [0.2, 0.25) is 0 Å². The normalized spacial score (nSPS) is 10.7. The zero-order valence-corrected chi connectivity index (χ0v) is 12.4. The van der Waals surface area contributed by atoms with Gasteiger partial charge in [0.2, 0.25) is 0 Å². The van der Waals surface area contributed by atoms with Gasteiger partial charge in [0.15, 0.2) is 0 Å². The van der Waals surface area contributed by atoms with Gasteiger partial charge in [0.25, 0.3) is 5.91 Å². The second kappa shape index (κ2) is 7.04. The minimum atomic E-state index is -0.458. The smallest absolute Gasteiger partial charge is 0.267 e. The maximum atomic E-state index is 12.1. The third-order valence-electron chi connectivity index (χ3n) is 2.94. The van der Waals surface area contributed by atoms with Gasteiger partial charge in [0.1, 0.15) is 11.6 Å². The number of benzene rings is 1. The van der Waals surface area contributed by atoms with Crippen LogP contribution in [-0.4, -0.2) is 10.9 Å². The van der Waals surface area contributed by atoms with Crippen molar-refractivity contribution in [3.05, 3.63) is 65.6 Å². The maximum Gasteiger partial charge on any atom is 0.267 e. The second-order valence-corrected chi connectivity index (χ2v) is 4.83. The number of hydrogen-bond donors (Lipinski definition) is 2. The minimum Gasteiger partial charge on any atom is -0.359 e. The molecule has 5 nitrogen and oxygen atoms in total. The van der Waals surface area contributed by atoms with E-state index in [1.54, 1.807) is 12.3 Å². The van der Waals surface area contributed by atoms with Gasteiger partial charge < -0.3 is 10.6 Å². The van der Waals surface area contributed by atoms with E-state index in [-0.39, 0.29) is 5.57 Å². The van der Waals surface area contributed by atoms with E-state index < -0.39 is 5.91 Å². The molecule has 0 fully saturated rings. The van der Waals surface area contributed by atoms with E-state index in [1.165, 1.54) is 6.20 Å². The summed E-state index contributed by atoms with van der Waals surface area (Å²) in [5.74, 6) is -0.458. The first kappa shape index (κ1) is 15.3. The molecule has 0 aliphatic rings. The van der Waals surface area contributed by atoms with Gasteiger partial charge in [0, 0.05) is 17.6 Å². The topological polar surface area (TPSA) is 77.8 Å². The van der Waals surface area contributed by atoms with Gasteiger partial charge in [-0.2, -0.15) is 5.26 Å². The van der Waals surface area contributed by atoms with Crippen molar-refractivity contribution < 1.29 is 4.79 Å². The summed E-state index contributed by atoms with van der Waals surface area (Å²) in [5, 5.41) is 14.7. The molecular weight excluding hydrogens is 276 g/mol. The van der Waals surface area contributed by atoms with Crippen LogP contribution in [0.25, 0.3) is 0 Å². The van der Waals surface area contributed by atoms with E-state index >= 15 is 0 Å². The summed E-state index contributed by atoms with van der Waals surface area (Å²) in [5.41, 5.74) is 3.28. The van der Waals surface area contributed by atoms with E-state index in [0.717, 1.165) is 11.3 Å². The van der Waals surface area contributed by atoms with Crippen molar-refractivity contribution in [2.75, 3.05) is 10.6 Å². The molecule has 0 spiro atoms. The van der Waals surface area contributed by atoms with E-state index in [4.69, 9.17) is 5.26 Å². The summed E-state index contributed by atoms with van der Waals surface area (Å²) in [7, 11) is 0. The molecule has 1 heterocycles. The molecule has 1 amide bonds. The van der Waals surface area contributed by atoms with Crippen LogP contribution in [0.5, 0.6) is 0 Å². The molecule has 1 aromatic carbocycles. The van der Waals surface area contributed by atoms with Gasteiger partial charge in [-0.3, -0.25) is 9.78 Å². The van der Waals surface area contributed by atoms with Gasteiger partial charge in [-0.1, -0.05) is 12.1 Å². The van der Waals surface area contributed by atoms with Crippen molar-refractivity contribution in [1.82, 2.24) is 4.98 Å². The summed E-state index contributed by atoms with van der Waals surface area (Å²) < 4.78 is 0. The standard InChI is InChI=1S/C17H16N4O/c1-12-4-3-5-15(8-12)21-17(22)14(9-18)10-20-16-7-6-13(2)19-11-16/h3-8,10-11,20H,1-2H3,(H,21,22)/b14-10-. The first-order valence-corrected chi connectivity index (χ1v) is 6.76. The number of aryl methyl sites for hydroxylation is 2. The molecule has 0 bridgehead atoms. The number of nitrogens with zero attached hydrogens (tertiary/aromatic N) is 2. The number of aromatic nitrogens is 1. The highest BCUT2D eigenvalue weighted by molar-refractivity contribution is 6.06. The molecule has 0 aliphatic carbocycles. The van der Waals surface area contributed by atoms with Crippen molar-refractivity contribution in [3.63, 3.8) is 0 Å². The van der Waals surface area contributed by atoms with E-state index in [0.29, 0.717) is 11.4 Å². The molecule has 0 unspecified atom stereocenters. The third kappa shape index (κ3) is 4.18. The molecule has 0 saturated heterocycles. The molecule has 1 aromatic heterocycles. The Labute approximate surface area is 129 Å². The van der Waals surface area contributed by atoms with Gasteiger partial charge >= 0.3 is 0 Å². The average Bonchev–Trinajstić information content (AvgIpc) is 2.49. The Kier molecular flexibility index (Phi) is 4.89. The Hall–Kier alpha value is -3.13. The first-order chi connectivity index (χ1) is 10.6. The minimum absolute atomic E-state index is 0.0120. The first-order valence-electron chi connectivity index (χ1n) is 6.76. The Morgan fingerprint density at radius 1 is 1.23 bits per heavy atom. The number of anilines is 2. The summed E-state index contributed by atoms with van der Waals surface area (Å²) in [4.78, 5) is 16.2. The van der Waals surface area contributed by atoms with Crippen LogP contribution in [0, 0.1) is 25.2 Å². The maximum absolute atomic E-state index is 12.1. The zero-order valence-electron chi connectivity index (χ0n) is 12.4. The number of nitriles is 1. The fourth-order valence-electron chi connectivity index (χ4n) is 1.78. The zero-order chi connectivity index (χ0) is 15.9. The fourth-order valence-corrected chi connectivity index (χ4v) is 1.78. The van der Waals surface area contributed by atoms with Crippen LogP contribution in [0.1, 0.15) is 11.3 Å². The lowest BCUT2D eigenvalue weighted by Gasteiger charge is -2.06. The summed E-state index contributed by atoms with van der Waals surface area (Å²) in [6.45, 7) is 3.82. The predicted molar refractivity (Wildman–Crippen MR) is 86.1 cm³/mol. The van der Waals surface area contributed by atoms with Crippen LogP contribution >= 0.6 is 0 Å². The Balaban J connectivity index is 2.07. The van der Waals surface area contributed by atoms with Crippen molar-refractivity contribution >= 4 is 17.3 Å². The highest BCUT2D eigenvalue weighted by atomic mass is 16.1. The molecule has 2 N–H and O–H groups in total. The number of carbonyl (C=O) groups is 1. The summed E-state index contributed by atoms with van der Waals surface area (Å²) in [6, 6.07) is 12.9. The summed E-state index contributed by atoms with van der Waals surface area (Å²) in [6.07, 6.45) is 3.01. The SMILES string of the molecule is Cc1cccc(NC(=O)/C(C#N)=C\Nc2ccc(C)nc2)c1. The number of pyridine rings is 1. The molecule has 0 atom stereocenters. The van der Waals surface area contributed by atoms with E-state index in [9.17, 15) is 4.79 Å². The molecule has 5 heteroatoms. The van der Waals surface area contributed by atoms with Crippen molar-refractivity contribution in [2.24, 2.45) is 0 Å². The number of amides is 1. The van der Waals surface area contributed by atoms with Gasteiger partial charge in [0.05, 0.1) is 11.9 Å². The molecule has 0 radical (unpaired) electrons. The highest BCUT2D eigenvalue weighted by Gasteiger charge is 2.09. The number of rotatable bonds is 4. The van der Waals surface area contributed by atoms with Gasteiger partial charge in [-0.15, -0.1) is 0 Å². The molecule has 0 aliphatic heterocycles. The van der Waals surface area contributed by atoms with Crippen LogP contribution in [0.4, 0.5) is 11.4 Å². The molecule has 0 saturated carbocycles. The lowest BCUT2D eigenvalue weighted by molar-refractivity contribution is -0.112. The molecule has 2 rings (SSSR count). The van der Waals surface area contributed by atoms with Crippen LogP contribution in [-0.2, 0) is 4.79 Å². The van der Waals surface area contributed by atoms with Crippen molar-refractivity contribution in [3.8, 4) is 6.07 Å². The monoisotopic (exact) mass is 292 g/mol. The Morgan fingerprint density at radius 2 is 2.05 bits per heavy atom. The van der Waals surface area contributed by atoms with Gasteiger partial charge in [-0.25, -0.2) is 0 Å². The quantitative estimate of drug-likeness (QED) is 0.670. The Morgan fingerprint density at radius 3 is 2.68 bits per heavy atom. The largest absolute Gasteiger partial charge is 0.359 e. The summed E-state index contributed by atoms with van der Waals surface area (Å²) >= 11 is 0. The number of nitrogens with one attached hydrogen (secondary N) is 2. The Bertz CT molecular complexity index is 742. The van der Waals surface area contributed by atoms with E-state index in [1.807, 2.05) is 50.2 Å². The third-order valence-corrected chi connectivity index (χ3v) is 2.94. The highest BCUT2D eigenvalue weighted by Crippen LogP contribution is 2.11. The fraction of sp³-hybridized carbons (Fsp3) is 0.118. The average molecular weight is 292 g/mol.